The van der Waals surface area contributed by atoms with Gasteiger partial charge in [-0.3, -0.25) is 4.79 Å². The number of pyridine rings is 1. The SMILES string of the molecule is Cc1noc2nc(C3CC3)cc(C(=O)NC3CCCC3CN)c12. The second-order valence-electron chi connectivity index (χ2n) is 6.82. The van der Waals surface area contributed by atoms with Crippen LogP contribution in [-0.4, -0.2) is 28.6 Å². The maximum atomic E-state index is 12.9. The highest BCUT2D eigenvalue weighted by Crippen LogP contribution is 2.40. The first kappa shape index (κ1) is 14.6. The van der Waals surface area contributed by atoms with Crippen LogP contribution < -0.4 is 11.1 Å². The lowest BCUT2D eigenvalue weighted by atomic mass is 10.0. The molecule has 2 saturated carbocycles. The molecule has 2 unspecified atom stereocenters. The summed E-state index contributed by atoms with van der Waals surface area (Å²) in [4.78, 5) is 17.4. The Morgan fingerprint density at radius 3 is 2.96 bits per heavy atom. The molecule has 0 aliphatic heterocycles. The number of hydrogen-bond acceptors (Lipinski definition) is 5. The van der Waals surface area contributed by atoms with Crippen molar-refractivity contribution in [3.63, 3.8) is 0 Å². The van der Waals surface area contributed by atoms with Crippen LogP contribution in [-0.2, 0) is 0 Å². The Hall–Kier alpha value is -1.95. The van der Waals surface area contributed by atoms with Crippen molar-refractivity contribution in [3.05, 3.63) is 23.0 Å². The molecule has 122 valence electrons. The van der Waals surface area contributed by atoms with E-state index in [1.165, 1.54) is 0 Å². The van der Waals surface area contributed by atoms with Crippen molar-refractivity contribution in [2.45, 2.75) is 51.0 Å². The largest absolute Gasteiger partial charge is 0.349 e. The van der Waals surface area contributed by atoms with Gasteiger partial charge in [0.15, 0.2) is 0 Å². The molecule has 0 aromatic carbocycles. The van der Waals surface area contributed by atoms with Crippen molar-refractivity contribution in [3.8, 4) is 0 Å². The second kappa shape index (κ2) is 5.60. The molecule has 2 aliphatic carbocycles. The number of nitrogens with one attached hydrogen (secondary N) is 1. The number of hydrogen-bond donors (Lipinski definition) is 2. The molecule has 2 aliphatic rings. The summed E-state index contributed by atoms with van der Waals surface area (Å²) >= 11 is 0. The Morgan fingerprint density at radius 2 is 2.22 bits per heavy atom. The number of fused-ring (bicyclic) bond motifs is 1. The standard InChI is InChI=1S/C17H22N4O2/c1-9-15-12(16(22)19-13-4-2-3-11(13)8-18)7-14(10-5-6-10)20-17(15)23-21-9/h7,10-11,13H,2-6,8,18H2,1H3,(H,19,22). The highest BCUT2D eigenvalue weighted by molar-refractivity contribution is 6.06. The van der Waals surface area contributed by atoms with Crippen LogP contribution in [0.3, 0.4) is 0 Å². The summed E-state index contributed by atoms with van der Waals surface area (Å²) in [5.41, 5.74) is 8.59. The van der Waals surface area contributed by atoms with E-state index in [4.69, 9.17) is 10.3 Å². The Morgan fingerprint density at radius 1 is 1.39 bits per heavy atom. The molecule has 3 N–H and O–H groups in total. The van der Waals surface area contributed by atoms with Crippen LogP contribution in [0.1, 0.15) is 59.8 Å². The van der Waals surface area contributed by atoms with Crippen LogP contribution in [0.4, 0.5) is 0 Å². The molecular weight excluding hydrogens is 292 g/mol. The quantitative estimate of drug-likeness (QED) is 0.903. The van der Waals surface area contributed by atoms with Crippen LogP contribution in [0.2, 0.25) is 0 Å². The summed E-state index contributed by atoms with van der Waals surface area (Å²) in [6.45, 7) is 2.47. The van der Waals surface area contributed by atoms with E-state index >= 15 is 0 Å². The van der Waals surface area contributed by atoms with E-state index in [-0.39, 0.29) is 11.9 Å². The Balaban J connectivity index is 1.68. The lowest BCUT2D eigenvalue weighted by molar-refractivity contribution is 0.0930. The van der Waals surface area contributed by atoms with Gasteiger partial charge in [-0.15, -0.1) is 0 Å². The predicted molar refractivity (Wildman–Crippen MR) is 86.2 cm³/mol. The van der Waals surface area contributed by atoms with Crippen molar-refractivity contribution in [2.75, 3.05) is 6.54 Å². The zero-order chi connectivity index (χ0) is 16.0. The minimum Gasteiger partial charge on any atom is -0.349 e. The number of rotatable bonds is 4. The van der Waals surface area contributed by atoms with Gasteiger partial charge in [-0.05, 0) is 51.1 Å². The number of nitrogens with zero attached hydrogens (tertiary/aromatic N) is 2. The van der Waals surface area contributed by atoms with Gasteiger partial charge in [0.2, 0.25) is 0 Å². The first-order chi connectivity index (χ1) is 11.2. The van der Waals surface area contributed by atoms with Crippen molar-refractivity contribution < 1.29 is 9.32 Å². The van der Waals surface area contributed by atoms with Gasteiger partial charge < -0.3 is 15.6 Å². The number of aromatic nitrogens is 2. The fraction of sp³-hybridized carbons (Fsp3) is 0.588. The summed E-state index contributed by atoms with van der Waals surface area (Å²) in [7, 11) is 0. The summed E-state index contributed by atoms with van der Waals surface area (Å²) < 4.78 is 5.31. The first-order valence-electron chi connectivity index (χ1n) is 8.45. The minimum absolute atomic E-state index is 0.0593. The van der Waals surface area contributed by atoms with E-state index in [2.05, 4.69) is 15.5 Å². The molecule has 0 spiro atoms. The maximum absolute atomic E-state index is 12.9. The molecule has 2 atom stereocenters. The second-order valence-corrected chi connectivity index (χ2v) is 6.82. The van der Waals surface area contributed by atoms with E-state index < -0.39 is 0 Å². The van der Waals surface area contributed by atoms with Gasteiger partial charge in [-0.25, -0.2) is 4.98 Å². The van der Waals surface area contributed by atoms with E-state index in [9.17, 15) is 4.79 Å². The lowest BCUT2D eigenvalue weighted by Gasteiger charge is -2.19. The van der Waals surface area contributed by atoms with E-state index in [0.717, 1.165) is 43.2 Å². The van der Waals surface area contributed by atoms with Gasteiger partial charge in [-0.2, -0.15) is 0 Å². The summed E-state index contributed by atoms with van der Waals surface area (Å²) in [5.74, 6) is 0.776. The van der Waals surface area contributed by atoms with Gasteiger partial charge in [0.05, 0.1) is 16.6 Å². The van der Waals surface area contributed by atoms with Gasteiger partial charge >= 0.3 is 0 Å². The van der Waals surface area contributed by atoms with Crippen molar-refractivity contribution in [1.29, 1.82) is 0 Å². The number of amides is 1. The molecule has 6 nitrogen and oxygen atoms in total. The van der Waals surface area contributed by atoms with E-state index in [1.54, 1.807) is 0 Å². The molecule has 23 heavy (non-hydrogen) atoms. The van der Waals surface area contributed by atoms with Crippen LogP contribution >= 0.6 is 0 Å². The summed E-state index contributed by atoms with van der Waals surface area (Å²) in [5, 5.41) is 7.89. The van der Waals surface area contributed by atoms with Crippen molar-refractivity contribution in [2.24, 2.45) is 11.7 Å². The number of nitrogens with two attached hydrogens (primary N) is 1. The molecule has 2 aromatic heterocycles. The fourth-order valence-corrected chi connectivity index (χ4v) is 3.64. The zero-order valence-electron chi connectivity index (χ0n) is 13.3. The van der Waals surface area contributed by atoms with Gasteiger partial charge in [-0.1, -0.05) is 11.6 Å². The predicted octanol–water partition coefficient (Wildman–Crippen LogP) is 2.27. The topological polar surface area (TPSA) is 94.0 Å². The molecule has 1 amide bonds. The van der Waals surface area contributed by atoms with Crippen LogP contribution in [0.15, 0.2) is 10.6 Å². The third kappa shape index (κ3) is 2.61. The molecule has 0 radical (unpaired) electrons. The third-order valence-electron chi connectivity index (χ3n) is 5.16. The summed E-state index contributed by atoms with van der Waals surface area (Å²) in [6.07, 6.45) is 5.47. The van der Waals surface area contributed by atoms with Gasteiger partial charge in [0, 0.05) is 17.7 Å². The normalized spacial score (nSPS) is 24.3. The van der Waals surface area contributed by atoms with Gasteiger partial charge in [0.25, 0.3) is 11.6 Å². The fourth-order valence-electron chi connectivity index (χ4n) is 3.64. The molecule has 0 saturated heterocycles. The monoisotopic (exact) mass is 314 g/mol. The number of carbonyl (C=O) groups excluding carboxylic acids is 1. The van der Waals surface area contributed by atoms with E-state index in [0.29, 0.717) is 35.4 Å². The van der Waals surface area contributed by atoms with Crippen LogP contribution in [0.5, 0.6) is 0 Å². The molecule has 2 aromatic rings. The lowest BCUT2D eigenvalue weighted by Crippen LogP contribution is -2.40. The van der Waals surface area contributed by atoms with Crippen molar-refractivity contribution in [1.82, 2.24) is 15.5 Å². The number of carbonyl (C=O) groups is 1. The number of aryl methyl sites for hydroxylation is 1. The third-order valence-corrected chi connectivity index (χ3v) is 5.16. The average molecular weight is 314 g/mol. The molecular formula is C17H22N4O2. The molecule has 4 rings (SSSR count). The van der Waals surface area contributed by atoms with Gasteiger partial charge in [0.1, 0.15) is 0 Å². The average Bonchev–Trinajstić information content (AvgIpc) is 3.21. The highest BCUT2D eigenvalue weighted by Gasteiger charge is 2.31. The zero-order valence-corrected chi connectivity index (χ0v) is 13.3. The smallest absolute Gasteiger partial charge is 0.259 e. The Kier molecular flexibility index (Phi) is 3.56. The molecule has 6 heteroatoms. The minimum atomic E-state index is -0.0593. The Labute approximate surface area is 134 Å². The highest BCUT2D eigenvalue weighted by atomic mass is 16.5. The maximum Gasteiger partial charge on any atom is 0.259 e. The van der Waals surface area contributed by atoms with E-state index in [1.807, 2.05) is 13.0 Å². The molecule has 0 bridgehead atoms. The Bertz CT molecular complexity index is 750. The van der Waals surface area contributed by atoms with Crippen LogP contribution in [0, 0.1) is 12.8 Å². The molecule has 2 fully saturated rings. The first-order valence-corrected chi connectivity index (χ1v) is 8.45. The van der Waals surface area contributed by atoms with Crippen LogP contribution in [0.25, 0.3) is 11.1 Å². The molecule has 2 heterocycles. The summed E-state index contributed by atoms with van der Waals surface area (Å²) in [6, 6.07) is 2.09. The van der Waals surface area contributed by atoms with Crippen molar-refractivity contribution >= 4 is 17.0 Å².